The molecule has 6 nitrogen and oxygen atoms in total. The van der Waals surface area contributed by atoms with Gasteiger partial charge in [-0.2, -0.15) is 0 Å². The molecule has 0 aliphatic rings. The average molecular weight is 382 g/mol. The summed E-state index contributed by atoms with van der Waals surface area (Å²) >= 11 is 1.40. The first-order valence-electron chi connectivity index (χ1n) is 8.92. The third kappa shape index (κ3) is 4.54. The fraction of sp³-hybridized carbons (Fsp3) is 0.300. The molecule has 2 aromatic heterocycles. The monoisotopic (exact) mass is 381 g/mol. The number of rotatable bonds is 7. The van der Waals surface area contributed by atoms with Crippen LogP contribution in [-0.2, 0) is 11.3 Å². The van der Waals surface area contributed by atoms with E-state index in [4.69, 9.17) is 0 Å². The van der Waals surface area contributed by atoms with Gasteiger partial charge in [-0.3, -0.25) is 9.78 Å². The van der Waals surface area contributed by atoms with Crippen molar-refractivity contribution in [1.82, 2.24) is 19.7 Å². The number of amides is 1. The zero-order valence-corrected chi connectivity index (χ0v) is 16.6. The van der Waals surface area contributed by atoms with Gasteiger partial charge in [0.05, 0.1) is 5.75 Å². The van der Waals surface area contributed by atoms with Crippen molar-refractivity contribution in [2.45, 2.75) is 38.9 Å². The molecule has 0 unspecified atom stereocenters. The number of anilines is 1. The highest BCUT2D eigenvalue weighted by atomic mass is 32.2. The predicted molar refractivity (Wildman–Crippen MR) is 109 cm³/mol. The quantitative estimate of drug-likeness (QED) is 0.624. The Labute approximate surface area is 163 Å². The van der Waals surface area contributed by atoms with Gasteiger partial charge in [0.15, 0.2) is 11.0 Å². The highest BCUT2D eigenvalue weighted by Gasteiger charge is 2.15. The molecule has 0 saturated carbocycles. The van der Waals surface area contributed by atoms with Crippen molar-refractivity contribution in [2.75, 3.05) is 11.1 Å². The standard InChI is InChI=1S/C20H23N5OS/c1-4-12-25-19(16-8-10-21-11-9-16)23-24-20(25)27-13-18(26)22-17-7-5-6-14(2)15(17)3/h5-11H,4,12-13H2,1-3H3,(H,22,26). The molecule has 3 rings (SSSR count). The molecule has 0 fully saturated rings. The summed E-state index contributed by atoms with van der Waals surface area (Å²) < 4.78 is 2.06. The molecule has 140 valence electrons. The lowest BCUT2D eigenvalue weighted by Crippen LogP contribution is -2.15. The molecule has 0 radical (unpaired) electrons. The molecule has 1 aromatic carbocycles. The summed E-state index contributed by atoms with van der Waals surface area (Å²) in [5.74, 6) is 1.04. The van der Waals surface area contributed by atoms with E-state index in [-0.39, 0.29) is 11.7 Å². The molecule has 0 atom stereocenters. The van der Waals surface area contributed by atoms with E-state index in [1.807, 2.05) is 44.2 Å². The minimum Gasteiger partial charge on any atom is -0.325 e. The van der Waals surface area contributed by atoms with Crippen molar-refractivity contribution in [2.24, 2.45) is 0 Å². The van der Waals surface area contributed by atoms with Crippen LogP contribution in [0.25, 0.3) is 11.4 Å². The number of thioether (sulfide) groups is 1. The number of benzene rings is 1. The van der Waals surface area contributed by atoms with Crippen LogP contribution in [0, 0.1) is 13.8 Å². The summed E-state index contributed by atoms with van der Waals surface area (Å²) in [5, 5.41) is 12.4. The maximum Gasteiger partial charge on any atom is 0.234 e. The summed E-state index contributed by atoms with van der Waals surface area (Å²) in [6, 6.07) is 9.74. The number of pyridine rings is 1. The van der Waals surface area contributed by atoms with Gasteiger partial charge in [-0.15, -0.1) is 10.2 Å². The molecular formula is C20H23N5OS. The van der Waals surface area contributed by atoms with Gasteiger partial charge in [-0.25, -0.2) is 0 Å². The first kappa shape index (κ1) is 19.1. The van der Waals surface area contributed by atoms with Crippen LogP contribution in [0.1, 0.15) is 24.5 Å². The molecule has 1 amide bonds. The highest BCUT2D eigenvalue weighted by Crippen LogP contribution is 2.24. The molecular weight excluding hydrogens is 358 g/mol. The van der Waals surface area contributed by atoms with Gasteiger partial charge in [0.1, 0.15) is 0 Å². The predicted octanol–water partition coefficient (Wildman–Crippen LogP) is 4.10. The van der Waals surface area contributed by atoms with E-state index in [0.717, 1.165) is 46.3 Å². The van der Waals surface area contributed by atoms with Gasteiger partial charge >= 0.3 is 0 Å². The number of carbonyl (C=O) groups excluding carboxylic acids is 1. The van der Waals surface area contributed by atoms with Gasteiger partial charge in [0.25, 0.3) is 0 Å². The summed E-state index contributed by atoms with van der Waals surface area (Å²) in [6.45, 7) is 6.95. The van der Waals surface area contributed by atoms with E-state index < -0.39 is 0 Å². The minimum absolute atomic E-state index is 0.0507. The van der Waals surface area contributed by atoms with E-state index >= 15 is 0 Å². The van der Waals surface area contributed by atoms with Crippen LogP contribution in [0.2, 0.25) is 0 Å². The normalized spacial score (nSPS) is 10.8. The zero-order chi connectivity index (χ0) is 19.2. The van der Waals surface area contributed by atoms with E-state index in [2.05, 4.69) is 32.0 Å². The van der Waals surface area contributed by atoms with Crippen LogP contribution in [0.5, 0.6) is 0 Å². The SMILES string of the molecule is CCCn1c(SCC(=O)Nc2cccc(C)c2C)nnc1-c1ccncc1. The van der Waals surface area contributed by atoms with Crippen LogP contribution in [0.4, 0.5) is 5.69 Å². The van der Waals surface area contributed by atoms with Crippen molar-refractivity contribution in [3.05, 3.63) is 53.9 Å². The summed E-state index contributed by atoms with van der Waals surface area (Å²) in [4.78, 5) is 16.4. The maximum atomic E-state index is 12.4. The number of carbonyl (C=O) groups is 1. The lowest BCUT2D eigenvalue weighted by Gasteiger charge is -2.11. The average Bonchev–Trinajstić information content (AvgIpc) is 3.07. The Morgan fingerprint density at radius 3 is 2.67 bits per heavy atom. The van der Waals surface area contributed by atoms with Gasteiger partial charge in [-0.05, 0) is 49.6 Å². The lowest BCUT2D eigenvalue weighted by atomic mass is 10.1. The first-order chi connectivity index (χ1) is 13.1. The molecule has 0 saturated heterocycles. The molecule has 2 heterocycles. The van der Waals surface area contributed by atoms with E-state index in [1.54, 1.807) is 12.4 Å². The fourth-order valence-electron chi connectivity index (χ4n) is 2.74. The summed E-state index contributed by atoms with van der Waals surface area (Å²) in [6.07, 6.45) is 4.44. The number of hydrogen-bond acceptors (Lipinski definition) is 5. The molecule has 7 heteroatoms. The molecule has 0 aliphatic heterocycles. The Morgan fingerprint density at radius 1 is 1.15 bits per heavy atom. The van der Waals surface area contributed by atoms with Gasteiger partial charge in [0.2, 0.25) is 5.91 Å². The number of aryl methyl sites for hydroxylation is 1. The van der Waals surface area contributed by atoms with Crippen molar-refractivity contribution in [3.63, 3.8) is 0 Å². The number of nitrogens with zero attached hydrogens (tertiary/aromatic N) is 4. The maximum absolute atomic E-state index is 12.4. The Morgan fingerprint density at radius 2 is 1.93 bits per heavy atom. The number of hydrogen-bond donors (Lipinski definition) is 1. The molecule has 0 aliphatic carbocycles. The Balaban J connectivity index is 1.71. The van der Waals surface area contributed by atoms with Gasteiger partial charge in [-0.1, -0.05) is 30.8 Å². The van der Waals surface area contributed by atoms with Crippen molar-refractivity contribution < 1.29 is 4.79 Å². The fourth-order valence-corrected chi connectivity index (χ4v) is 3.50. The van der Waals surface area contributed by atoms with Crippen LogP contribution >= 0.6 is 11.8 Å². The zero-order valence-electron chi connectivity index (χ0n) is 15.8. The van der Waals surface area contributed by atoms with Gasteiger partial charge in [0, 0.05) is 30.2 Å². The van der Waals surface area contributed by atoms with Crippen LogP contribution in [-0.4, -0.2) is 31.4 Å². The third-order valence-electron chi connectivity index (χ3n) is 4.31. The third-order valence-corrected chi connectivity index (χ3v) is 5.28. The van der Waals surface area contributed by atoms with E-state index in [0.29, 0.717) is 0 Å². The molecule has 0 bridgehead atoms. The van der Waals surface area contributed by atoms with Crippen molar-refractivity contribution >= 4 is 23.4 Å². The molecule has 3 aromatic rings. The Bertz CT molecular complexity index is 923. The summed E-state index contributed by atoms with van der Waals surface area (Å²) in [5.41, 5.74) is 4.07. The second-order valence-electron chi connectivity index (χ2n) is 6.28. The van der Waals surface area contributed by atoms with Gasteiger partial charge < -0.3 is 9.88 Å². The van der Waals surface area contributed by atoms with Crippen LogP contribution < -0.4 is 5.32 Å². The smallest absolute Gasteiger partial charge is 0.234 e. The second kappa shape index (κ2) is 8.81. The molecule has 1 N–H and O–H groups in total. The van der Waals surface area contributed by atoms with Crippen LogP contribution in [0.3, 0.4) is 0 Å². The number of nitrogens with one attached hydrogen (secondary N) is 1. The highest BCUT2D eigenvalue weighted by molar-refractivity contribution is 7.99. The van der Waals surface area contributed by atoms with Crippen LogP contribution in [0.15, 0.2) is 47.9 Å². The van der Waals surface area contributed by atoms with Crippen molar-refractivity contribution in [3.8, 4) is 11.4 Å². The second-order valence-corrected chi connectivity index (χ2v) is 7.22. The molecule has 27 heavy (non-hydrogen) atoms. The van der Waals surface area contributed by atoms with E-state index in [9.17, 15) is 4.79 Å². The molecule has 0 spiro atoms. The Hall–Kier alpha value is -2.67. The minimum atomic E-state index is -0.0507. The van der Waals surface area contributed by atoms with Crippen molar-refractivity contribution in [1.29, 1.82) is 0 Å². The Kier molecular flexibility index (Phi) is 6.24. The summed E-state index contributed by atoms with van der Waals surface area (Å²) in [7, 11) is 0. The van der Waals surface area contributed by atoms with E-state index in [1.165, 1.54) is 11.8 Å². The topological polar surface area (TPSA) is 72.7 Å². The first-order valence-corrected chi connectivity index (χ1v) is 9.91. The lowest BCUT2D eigenvalue weighted by molar-refractivity contribution is -0.113. The largest absolute Gasteiger partial charge is 0.325 e. The number of aromatic nitrogens is 4.